The van der Waals surface area contributed by atoms with E-state index in [2.05, 4.69) is 26.0 Å². The summed E-state index contributed by atoms with van der Waals surface area (Å²) in [4.78, 5) is 35.9. The number of phosphoric ester groups is 1. The molecular formula is C53H101O13P. The Balaban J connectivity index is 2.34. The molecule has 0 aromatic heterocycles. The molecule has 1 saturated carbocycles. The van der Waals surface area contributed by atoms with Crippen LogP contribution < -0.4 is 0 Å². The number of allylic oxidation sites excluding steroid dienone is 2. The molecule has 0 amide bonds. The lowest BCUT2D eigenvalue weighted by Crippen LogP contribution is -2.64. The highest BCUT2D eigenvalue weighted by atomic mass is 31.2. The van der Waals surface area contributed by atoms with Crippen molar-refractivity contribution in [3.05, 3.63) is 12.2 Å². The van der Waals surface area contributed by atoms with Gasteiger partial charge < -0.3 is 39.9 Å². The number of aliphatic hydroxyl groups is 5. The molecule has 6 N–H and O–H groups in total. The maximum Gasteiger partial charge on any atom is 0.472 e. The van der Waals surface area contributed by atoms with E-state index >= 15 is 0 Å². The number of rotatable bonds is 47. The second kappa shape index (κ2) is 43.4. The average molecular weight is 977 g/mol. The summed E-state index contributed by atoms with van der Waals surface area (Å²) in [6, 6.07) is 0. The van der Waals surface area contributed by atoms with Crippen molar-refractivity contribution in [1.29, 1.82) is 0 Å². The molecule has 0 aromatic carbocycles. The second-order valence-corrected chi connectivity index (χ2v) is 20.9. The molecule has 6 unspecified atom stereocenters. The van der Waals surface area contributed by atoms with Gasteiger partial charge in [0.25, 0.3) is 0 Å². The normalized spacial score (nSPS) is 21.1. The van der Waals surface area contributed by atoms with Crippen LogP contribution in [-0.2, 0) is 32.7 Å². The number of hydrogen-bond donors (Lipinski definition) is 6. The second-order valence-electron chi connectivity index (χ2n) is 19.4. The lowest BCUT2D eigenvalue weighted by Gasteiger charge is -2.41. The molecule has 0 aromatic rings. The van der Waals surface area contributed by atoms with Gasteiger partial charge in [0.2, 0.25) is 0 Å². The van der Waals surface area contributed by atoms with Gasteiger partial charge in [-0.3, -0.25) is 18.6 Å². The topological polar surface area (TPSA) is 210 Å². The number of esters is 2. The number of unbranched alkanes of at least 4 members (excludes halogenated alkanes) is 33. The third kappa shape index (κ3) is 35.4. The summed E-state index contributed by atoms with van der Waals surface area (Å²) in [7, 11) is -5.12. The maximum atomic E-state index is 12.9. The van der Waals surface area contributed by atoms with E-state index < -0.39 is 75.7 Å². The molecule has 0 radical (unpaired) electrons. The van der Waals surface area contributed by atoms with Crippen molar-refractivity contribution in [2.24, 2.45) is 0 Å². The molecule has 1 fully saturated rings. The first kappa shape index (κ1) is 63.6. The number of carbonyl (C=O) groups is 2. The molecule has 0 bridgehead atoms. The van der Waals surface area contributed by atoms with Crippen molar-refractivity contribution < 1.29 is 63.1 Å². The monoisotopic (exact) mass is 977 g/mol. The number of aliphatic hydroxyl groups excluding tert-OH is 5. The fourth-order valence-corrected chi connectivity index (χ4v) is 9.67. The van der Waals surface area contributed by atoms with Crippen LogP contribution in [0.15, 0.2) is 12.2 Å². The molecule has 1 aliphatic carbocycles. The highest BCUT2D eigenvalue weighted by Gasteiger charge is 2.51. The third-order valence-electron chi connectivity index (χ3n) is 13.1. The van der Waals surface area contributed by atoms with E-state index in [1.807, 2.05) is 0 Å². The van der Waals surface area contributed by atoms with Gasteiger partial charge in [0.05, 0.1) is 6.61 Å². The lowest BCUT2D eigenvalue weighted by atomic mass is 9.85. The summed E-state index contributed by atoms with van der Waals surface area (Å²) in [5, 5.41) is 50.3. The number of phosphoric acid groups is 1. The zero-order chi connectivity index (χ0) is 49.2. The SMILES string of the molecule is CCCCCCCC/C=C\CCCCCCCCCC(=O)OC(COC(=O)CCCCCCCCCCCCCCCCCCCCCCC)COP(=O)(O)OC1C(O)C(O)C(O)C(O)C1O. The Labute approximate surface area is 407 Å². The van der Waals surface area contributed by atoms with Gasteiger partial charge in [0.15, 0.2) is 6.10 Å². The first-order chi connectivity index (χ1) is 32.4. The molecule has 0 saturated heterocycles. The minimum Gasteiger partial charge on any atom is -0.462 e. The van der Waals surface area contributed by atoms with Crippen LogP contribution in [0.1, 0.15) is 258 Å². The van der Waals surface area contributed by atoms with Gasteiger partial charge >= 0.3 is 19.8 Å². The minimum absolute atomic E-state index is 0.0964. The van der Waals surface area contributed by atoms with Crippen LogP contribution in [0.3, 0.4) is 0 Å². The van der Waals surface area contributed by atoms with Gasteiger partial charge in [0, 0.05) is 12.8 Å². The number of carbonyl (C=O) groups excluding carboxylic acids is 2. The molecule has 1 aliphatic rings. The van der Waals surface area contributed by atoms with Crippen molar-refractivity contribution in [3.8, 4) is 0 Å². The Bertz CT molecular complexity index is 1220. The van der Waals surface area contributed by atoms with E-state index in [9.17, 15) is 44.6 Å². The maximum absolute atomic E-state index is 12.9. The Morgan fingerprint density at radius 2 is 0.761 bits per heavy atom. The lowest BCUT2D eigenvalue weighted by molar-refractivity contribution is -0.220. The van der Waals surface area contributed by atoms with Crippen LogP contribution in [-0.4, -0.2) is 98.3 Å². The van der Waals surface area contributed by atoms with Gasteiger partial charge in [-0.2, -0.15) is 0 Å². The molecular weight excluding hydrogens is 876 g/mol. The van der Waals surface area contributed by atoms with Crippen LogP contribution in [0.5, 0.6) is 0 Å². The van der Waals surface area contributed by atoms with Crippen LogP contribution in [0.25, 0.3) is 0 Å². The molecule has 14 heteroatoms. The number of hydrogen-bond acceptors (Lipinski definition) is 12. The summed E-state index contributed by atoms with van der Waals surface area (Å²) in [6.07, 6.45) is 35.4. The van der Waals surface area contributed by atoms with Crippen molar-refractivity contribution >= 4 is 19.8 Å². The first-order valence-corrected chi connectivity index (χ1v) is 29.0. The molecule has 13 nitrogen and oxygen atoms in total. The zero-order valence-corrected chi connectivity index (χ0v) is 43.4. The van der Waals surface area contributed by atoms with Gasteiger partial charge in [-0.25, -0.2) is 4.57 Å². The van der Waals surface area contributed by atoms with Crippen LogP contribution in [0.4, 0.5) is 0 Å². The van der Waals surface area contributed by atoms with Gasteiger partial charge in [-0.1, -0.05) is 219 Å². The Kier molecular flexibility index (Phi) is 41.2. The van der Waals surface area contributed by atoms with E-state index in [0.29, 0.717) is 12.8 Å². The summed E-state index contributed by atoms with van der Waals surface area (Å²) in [5.41, 5.74) is 0. The fraction of sp³-hybridized carbons (Fsp3) is 0.925. The molecule has 67 heavy (non-hydrogen) atoms. The van der Waals surface area contributed by atoms with E-state index in [4.69, 9.17) is 18.5 Å². The van der Waals surface area contributed by atoms with Crippen LogP contribution >= 0.6 is 7.82 Å². The Hall–Kier alpha value is -1.41. The van der Waals surface area contributed by atoms with Gasteiger partial charge in [-0.05, 0) is 38.5 Å². The van der Waals surface area contributed by atoms with E-state index in [0.717, 1.165) is 51.4 Å². The minimum atomic E-state index is -5.12. The van der Waals surface area contributed by atoms with Gasteiger partial charge in [-0.15, -0.1) is 0 Å². The summed E-state index contributed by atoms with van der Waals surface area (Å²) in [6.45, 7) is 3.35. The third-order valence-corrected chi connectivity index (χ3v) is 14.1. The average Bonchev–Trinajstić information content (AvgIpc) is 3.31. The highest BCUT2D eigenvalue weighted by molar-refractivity contribution is 7.47. The van der Waals surface area contributed by atoms with Crippen molar-refractivity contribution in [2.45, 2.75) is 301 Å². The standard InChI is InChI=1S/C53H101O13P/c1-3-5-7-9-11-13-15-17-19-21-22-23-24-26-27-29-31-33-35-37-39-41-46(54)63-43-45(44-64-67(61,62)66-53-51(59)49(57)48(56)50(58)52(53)60)65-47(55)42-40-38-36-34-32-30-28-25-20-18-16-14-12-10-8-6-4-2/h18,20,45,48-53,56-60H,3-17,19,21-44H2,1-2H3,(H,61,62)/b20-18-. The van der Waals surface area contributed by atoms with E-state index in [-0.39, 0.29) is 12.8 Å². The molecule has 1 rings (SSSR count). The smallest absolute Gasteiger partial charge is 0.462 e. The molecule has 0 aliphatic heterocycles. The van der Waals surface area contributed by atoms with E-state index in [1.54, 1.807) is 0 Å². The Morgan fingerprint density at radius 3 is 1.13 bits per heavy atom. The molecule has 0 spiro atoms. The van der Waals surface area contributed by atoms with Crippen molar-refractivity contribution in [2.75, 3.05) is 13.2 Å². The fourth-order valence-electron chi connectivity index (χ4n) is 8.70. The molecule has 6 atom stereocenters. The first-order valence-electron chi connectivity index (χ1n) is 27.5. The van der Waals surface area contributed by atoms with Gasteiger partial charge in [0.1, 0.15) is 43.2 Å². The number of ether oxygens (including phenoxy) is 2. The van der Waals surface area contributed by atoms with E-state index in [1.165, 1.54) is 167 Å². The summed E-state index contributed by atoms with van der Waals surface area (Å²) >= 11 is 0. The predicted octanol–water partition coefficient (Wildman–Crippen LogP) is 12.2. The zero-order valence-electron chi connectivity index (χ0n) is 42.5. The Morgan fingerprint density at radius 1 is 0.448 bits per heavy atom. The molecule has 0 heterocycles. The van der Waals surface area contributed by atoms with Crippen LogP contribution in [0, 0.1) is 0 Å². The van der Waals surface area contributed by atoms with Crippen molar-refractivity contribution in [3.63, 3.8) is 0 Å². The predicted molar refractivity (Wildman–Crippen MR) is 267 cm³/mol. The van der Waals surface area contributed by atoms with Crippen LogP contribution in [0.2, 0.25) is 0 Å². The molecule has 396 valence electrons. The summed E-state index contributed by atoms with van der Waals surface area (Å²) < 4.78 is 33.7. The quantitative estimate of drug-likeness (QED) is 0.0145. The van der Waals surface area contributed by atoms with Crippen molar-refractivity contribution in [1.82, 2.24) is 0 Å². The largest absolute Gasteiger partial charge is 0.472 e. The summed E-state index contributed by atoms with van der Waals surface area (Å²) in [5.74, 6) is -1.09. The highest BCUT2D eigenvalue weighted by Crippen LogP contribution is 2.47.